The van der Waals surface area contributed by atoms with Gasteiger partial charge in [0.25, 0.3) is 0 Å². The SMILES string of the molecule is CN1C[C@@H](C(F)(F)F)CC(Cc2ccc(N)nn2)C1=O. The van der Waals surface area contributed by atoms with Crippen LogP contribution in [-0.4, -0.2) is 40.8 Å². The molecule has 2 N–H and O–H groups in total. The first-order chi connectivity index (χ1) is 9.27. The molecule has 1 saturated heterocycles. The number of anilines is 1. The number of piperidine rings is 1. The molecular formula is C12H15F3N4O. The van der Waals surface area contributed by atoms with E-state index < -0.39 is 18.0 Å². The number of aromatic nitrogens is 2. The average Bonchev–Trinajstić information content (AvgIpc) is 2.36. The summed E-state index contributed by atoms with van der Waals surface area (Å²) in [6, 6.07) is 3.09. The number of hydrogen-bond donors (Lipinski definition) is 1. The lowest BCUT2D eigenvalue weighted by Gasteiger charge is -2.35. The van der Waals surface area contributed by atoms with E-state index in [0.717, 1.165) is 4.90 Å². The minimum atomic E-state index is -4.29. The van der Waals surface area contributed by atoms with E-state index in [1.807, 2.05) is 0 Å². The van der Waals surface area contributed by atoms with Crippen LogP contribution < -0.4 is 5.73 Å². The summed E-state index contributed by atoms with van der Waals surface area (Å²) in [6.07, 6.45) is -4.36. The number of rotatable bonds is 2. The summed E-state index contributed by atoms with van der Waals surface area (Å²) in [4.78, 5) is 13.1. The maximum atomic E-state index is 12.8. The number of nitrogen functional groups attached to an aromatic ring is 1. The normalized spacial score (nSPS) is 24.0. The number of hydrogen-bond acceptors (Lipinski definition) is 4. The highest BCUT2D eigenvalue weighted by Crippen LogP contribution is 2.36. The topological polar surface area (TPSA) is 72.1 Å². The Balaban J connectivity index is 2.12. The van der Waals surface area contributed by atoms with Crippen LogP contribution in [0.5, 0.6) is 0 Å². The van der Waals surface area contributed by atoms with Crippen molar-refractivity contribution in [1.29, 1.82) is 0 Å². The molecule has 0 bridgehead atoms. The molecule has 0 aromatic carbocycles. The molecule has 0 saturated carbocycles. The van der Waals surface area contributed by atoms with Crippen LogP contribution in [0.1, 0.15) is 12.1 Å². The molecule has 110 valence electrons. The second-order valence-corrected chi connectivity index (χ2v) is 5.04. The molecule has 20 heavy (non-hydrogen) atoms. The van der Waals surface area contributed by atoms with Gasteiger partial charge >= 0.3 is 6.18 Å². The molecule has 5 nitrogen and oxygen atoms in total. The molecule has 1 fully saturated rings. The van der Waals surface area contributed by atoms with Crippen LogP contribution in [0.2, 0.25) is 0 Å². The molecule has 2 heterocycles. The van der Waals surface area contributed by atoms with Gasteiger partial charge in [0, 0.05) is 25.9 Å². The first-order valence-corrected chi connectivity index (χ1v) is 6.17. The summed E-state index contributed by atoms with van der Waals surface area (Å²) in [5.41, 5.74) is 5.86. The number of likely N-dealkylation sites (tertiary alicyclic amines) is 1. The monoisotopic (exact) mass is 288 g/mol. The molecule has 1 aliphatic rings. The molecule has 8 heteroatoms. The van der Waals surface area contributed by atoms with Crippen molar-refractivity contribution in [3.63, 3.8) is 0 Å². The fourth-order valence-electron chi connectivity index (χ4n) is 2.39. The summed E-state index contributed by atoms with van der Waals surface area (Å²) < 4.78 is 38.5. The molecule has 1 aromatic rings. The van der Waals surface area contributed by atoms with Gasteiger partial charge < -0.3 is 10.6 Å². The standard InChI is InChI=1S/C12H15F3N4O/c1-19-6-8(12(13,14)15)4-7(11(19)20)5-9-2-3-10(16)18-17-9/h2-3,7-8H,4-6H2,1H3,(H2,16,18)/t7?,8-/m0/s1. The zero-order chi connectivity index (χ0) is 14.9. The van der Waals surface area contributed by atoms with Crippen molar-refractivity contribution < 1.29 is 18.0 Å². The molecule has 0 aliphatic carbocycles. The highest BCUT2D eigenvalue weighted by molar-refractivity contribution is 5.79. The van der Waals surface area contributed by atoms with Crippen molar-refractivity contribution >= 4 is 11.7 Å². The first kappa shape index (κ1) is 14.5. The van der Waals surface area contributed by atoms with E-state index in [9.17, 15) is 18.0 Å². The van der Waals surface area contributed by atoms with E-state index in [-0.39, 0.29) is 31.1 Å². The number of carbonyl (C=O) groups is 1. The third-order valence-corrected chi connectivity index (χ3v) is 3.45. The fraction of sp³-hybridized carbons (Fsp3) is 0.583. The van der Waals surface area contributed by atoms with Crippen molar-refractivity contribution in [2.45, 2.75) is 19.0 Å². The Morgan fingerprint density at radius 1 is 1.40 bits per heavy atom. The first-order valence-electron chi connectivity index (χ1n) is 6.17. The van der Waals surface area contributed by atoms with Crippen LogP contribution in [0.15, 0.2) is 12.1 Å². The molecular weight excluding hydrogens is 273 g/mol. The maximum Gasteiger partial charge on any atom is 0.393 e. The summed E-state index contributed by atoms with van der Waals surface area (Å²) in [7, 11) is 1.39. The van der Waals surface area contributed by atoms with Crippen molar-refractivity contribution in [2.75, 3.05) is 19.3 Å². The molecule has 1 amide bonds. The van der Waals surface area contributed by atoms with Crippen LogP contribution in [0.4, 0.5) is 19.0 Å². The van der Waals surface area contributed by atoms with Gasteiger partial charge in [0.2, 0.25) is 5.91 Å². The minimum absolute atomic E-state index is 0.142. The molecule has 1 unspecified atom stereocenters. The predicted octanol–water partition coefficient (Wildman–Crippen LogP) is 1.26. The Morgan fingerprint density at radius 2 is 2.10 bits per heavy atom. The van der Waals surface area contributed by atoms with E-state index in [1.54, 1.807) is 6.07 Å². The van der Waals surface area contributed by atoms with E-state index >= 15 is 0 Å². The third kappa shape index (κ3) is 3.17. The van der Waals surface area contributed by atoms with E-state index in [0.29, 0.717) is 5.69 Å². The molecule has 1 aliphatic heterocycles. The van der Waals surface area contributed by atoms with E-state index in [2.05, 4.69) is 10.2 Å². The Kier molecular flexibility index (Phi) is 3.82. The number of nitrogens with two attached hydrogens (primary N) is 1. The Hall–Kier alpha value is -1.86. The van der Waals surface area contributed by atoms with Crippen molar-refractivity contribution in [3.8, 4) is 0 Å². The fourth-order valence-corrected chi connectivity index (χ4v) is 2.39. The quantitative estimate of drug-likeness (QED) is 0.889. The Bertz CT molecular complexity index is 488. The number of amides is 1. The molecule has 2 rings (SSSR count). The van der Waals surface area contributed by atoms with Crippen LogP contribution in [-0.2, 0) is 11.2 Å². The van der Waals surface area contributed by atoms with E-state index in [1.165, 1.54) is 13.1 Å². The highest BCUT2D eigenvalue weighted by Gasteiger charge is 2.46. The van der Waals surface area contributed by atoms with Gasteiger partial charge in [-0.05, 0) is 18.6 Å². The largest absolute Gasteiger partial charge is 0.393 e. The van der Waals surface area contributed by atoms with Crippen molar-refractivity contribution in [2.24, 2.45) is 11.8 Å². The van der Waals surface area contributed by atoms with Gasteiger partial charge in [-0.1, -0.05) is 0 Å². The number of halogens is 3. The third-order valence-electron chi connectivity index (χ3n) is 3.45. The summed E-state index contributed by atoms with van der Waals surface area (Å²) in [6.45, 7) is -0.285. The summed E-state index contributed by atoms with van der Waals surface area (Å²) in [5.74, 6) is -2.27. The zero-order valence-corrected chi connectivity index (χ0v) is 10.9. The smallest absolute Gasteiger partial charge is 0.382 e. The van der Waals surface area contributed by atoms with Gasteiger partial charge in [0.1, 0.15) is 5.82 Å². The summed E-state index contributed by atoms with van der Waals surface area (Å²) >= 11 is 0. The molecule has 1 aromatic heterocycles. The molecule has 0 radical (unpaired) electrons. The second-order valence-electron chi connectivity index (χ2n) is 5.04. The van der Waals surface area contributed by atoms with Gasteiger partial charge in [0.05, 0.1) is 11.6 Å². The average molecular weight is 288 g/mol. The number of nitrogens with zero attached hydrogens (tertiary/aromatic N) is 3. The molecule has 0 spiro atoms. The van der Waals surface area contributed by atoms with Crippen molar-refractivity contribution in [1.82, 2.24) is 15.1 Å². The van der Waals surface area contributed by atoms with Crippen molar-refractivity contribution in [3.05, 3.63) is 17.8 Å². The highest BCUT2D eigenvalue weighted by atomic mass is 19.4. The lowest BCUT2D eigenvalue weighted by atomic mass is 9.85. The number of carbonyl (C=O) groups excluding carboxylic acids is 1. The Labute approximate surface area is 114 Å². The summed E-state index contributed by atoms with van der Waals surface area (Å²) in [5, 5.41) is 7.43. The van der Waals surface area contributed by atoms with Crippen LogP contribution in [0, 0.1) is 11.8 Å². The Morgan fingerprint density at radius 3 is 2.65 bits per heavy atom. The predicted molar refractivity (Wildman–Crippen MR) is 65.4 cm³/mol. The number of alkyl halides is 3. The zero-order valence-electron chi connectivity index (χ0n) is 10.9. The van der Waals surface area contributed by atoms with Gasteiger partial charge in [0.15, 0.2) is 0 Å². The van der Waals surface area contributed by atoms with Crippen LogP contribution >= 0.6 is 0 Å². The van der Waals surface area contributed by atoms with E-state index in [4.69, 9.17) is 5.73 Å². The molecule has 2 atom stereocenters. The van der Waals surface area contributed by atoms with Crippen LogP contribution in [0.3, 0.4) is 0 Å². The van der Waals surface area contributed by atoms with Gasteiger partial charge in [-0.25, -0.2) is 0 Å². The second kappa shape index (κ2) is 5.26. The lowest BCUT2D eigenvalue weighted by Crippen LogP contribution is -2.48. The van der Waals surface area contributed by atoms with Gasteiger partial charge in [-0.3, -0.25) is 4.79 Å². The maximum absolute atomic E-state index is 12.8. The van der Waals surface area contributed by atoms with Gasteiger partial charge in [-0.15, -0.1) is 5.10 Å². The minimum Gasteiger partial charge on any atom is -0.382 e. The lowest BCUT2D eigenvalue weighted by molar-refractivity contribution is -0.193. The van der Waals surface area contributed by atoms with Crippen LogP contribution in [0.25, 0.3) is 0 Å². The van der Waals surface area contributed by atoms with Gasteiger partial charge in [-0.2, -0.15) is 18.3 Å².